The molecular formula is C18H27ClN2O. The summed E-state index contributed by atoms with van der Waals surface area (Å²) in [6.07, 6.45) is 4.14. The highest BCUT2D eigenvalue weighted by atomic mass is 35.5. The lowest BCUT2D eigenvalue weighted by molar-refractivity contribution is -0.133. The van der Waals surface area contributed by atoms with Crippen LogP contribution in [0.15, 0.2) is 30.3 Å². The zero-order valence-corrected chi connectivity index (χ0v) is 14.1. The molecule has 122 valence electrons. The Balaban J connectivity index is 0.00000176. The Labute approximate surface area is 139 Å². The van der Waals surface area contributed by atoms with Gasteiger partial charge in [0.15, 0.2) is 0 Å². The largest absolute Gasteiger partial charge is 0.342 e. The summed E-state index contributed by atoms with van der Waals surface area (Å²) in [4.78, 5) is 14.5. The molecule has 3 atom stereocenters. The van der Waals surface area contributed by atoms with E-state index in [0.29, 0.717) is 30.2 Å². The van der Waals surface area contributed by atoms with E-state index in [0.717, 1.165) is 32.5 Å². The third-order valence-electron chi connectivity index (χ3n) is 5.07. The Bertz CT molecular complexity index is 473. The highest BCUT2D eigenvalue weighted by Crippen LogP contribution is 2.32. The Morgan fingerprint density at radius 1 is 1.27 bits per heavy atom. The van der Waals surface area contributed by atoms with E-state index in [4.69, 9.17) is 0 Å². The SMILES string of the molecule is CC1CN(C(=O)CC2CCCN2)CCC1c1ccccc1.Cl. The summed E-state index contributed by atoms with van der Waals surface area (Å²) >= 11 is 0. The van der Waals surface area contributed by atoms with Crippen molar-refractivity contribution in [1.29, 1.82) is 0 Å². The van der Waals surface area contributed by atoms with Crippen molar-refractivity contribution >= 4 is 18.3 Å². The first-order valence-electron chi connectivity index (χ1n) is 8.30. The molecule has 1 aromatic rings. The van der Waals surface area contributed by atoms with Crippen molar-refractivity contribution in [3.63, 3.8) is 0 Å². The maximum Gasteiger partial charge on any atom is 0.224 e. The molecule has 0 aromatic heterocycles. The molecule has 2 fully saturated rings. The minimum Gasteiger partial charge on any atom is -0.342 e. The molecule has 2 saturated heterocycles. The molecule has 22 heavy (non-hydrogen) atoms. The second-order valence-electron chi connectivity index (χ2n) is 6.62. The average molecular weight is 323 g/mol. The van der Waals surface area contributed by atoms with E-state index in [-0.39, 0.29) is 12.4 Å². The smallest absolute Gasteiger partial charge is 0.224 e. The van der Waals surface area contributed by atoms with E-state index in [2.05, 4.69) is 47.5 Å². The van der Waals surface area contributed by atoms with Crippen molar-refractivity contribution in [2.45, 2.75) is 44.6 Å². The highest BCUT2D eigenvalue weighted by Gasteiger charge is 2.30. The lowest BCUT2D eigenvalue weighted by atomic mass is 9.81. The van der Waals surface area contributed by atoms with Crippen molar-refractivity contribution in [3.8, 4) is 0 Å². The normalized spacial score (nSPS) is 28.2. The molecule has 0 saturated carbocycles. The molecule has 0 radical (unpaired) electrons. The first-order valence-corrected chi connectivity index (χ1v) is 8.30. The number of carbonyl (C=O) groups is 1. The predicted molar refractivity (Wildman–Crippen MR) is 92.4 cm³/mol. The van der Waals surface area contributed by atoms with Crippen LogP contribution < -0.4 is 5.32 Å². The number of nitrogens with zero attached hydrogens (tertiary/aromatic N) is 1. The van der Waals surface area contributed by atoms with Gasteiger partial charge < -0.3 is 10.2 Å². The monoisotopic (exact) mass is 322 g/mol. The van der Waals surface area contributed by atoms with Gasteiger partial charge in [0.25, 0.3) is 0 Å². The van der Waals surface area contributed by atoms with Gasteiger partial charge in [-0.05, 0) is 43.2 Å². The number of amides is 1. The number of hydrogen-bond donors (Lipinski definition) is 1. The predicted octanol–water partition coefficient (Wildman–Crippen LogP) is 3.20. The average Bonchev–Trinajstić information content (AvgIpc) is 3.01. The quantitative estimate of drug-likeness (QED) is 0.927. The number of benzene rings is 1. The molecule has 0 spiro atoms. The highest BCUT2D eigenvalue weighted by molar-refractivity contribution is 5.85. The van der Waals surface area contributed by atoms with Crippen LogP contribution in [0.2, 0.25) is 0 Å². The summed E-state index contributed by atoms with van der Waals surface area (Å²) < 4.78 is 0. The number of rotatable bonds is 3. The molecule has 3 rings (SSSR count). The Morgan fingerprint density at radius 2 is 2.05 bits per heavy atom. The van der Waals surface area contributed by atoms with Crippen LogP contribution in [0.1, 0.15) is 44.1 Å². The maximum absolute atomic E-state index is 12.4. The molecule has 1 amide bonds. The lowest BCUT2D eigenvalue weighted by Crippen LogP contribution is -2.44. The Morgan fingerprint density at radius 3 is 2.68 bits per heavy atom. The summed E-state index contributed by atoms with van der Waals surface area (Å²) in [5.41, 5.74) is 1.43. The molecule has 3 nitrogen and oxygen atoms in total. The van der Waals surface area contributed by atoms with Gasteiger partial charge in [-0.3, -0.25) is 4.79 Å². The van der Waals surface area contributed by atoms with E-state index >= 15 is 0 Å². The van der Waals surface area contributed by atoms with Gasteiger partial charge in [-0.1, -0.05) is 37.3 Å². The summed E-state index contributed by atoms with van der Waals surface area (Å²) in [7, 11) is 0. The molecule has 1 N–H and O–H groups in total. The fourth-order valence-electron chi connectivity index (χ4n) is 3.84. The fourth-order valence-corrected chi connectivity index (χ4v) is 3.84. The number of nitrogens with one attached hydrogen (secondary N) is 1. The van der Waals surface area contributed by atoms with Crippen LogP contribution in [0.3, 0.4) is 0 Å². The van der Waals surface area contributed by atoms with Crippen molar-refractivity contribution < 1.29 is 4.79 Å². The van der Waals surface area contributed by atoms with Crippen LogP contribution >= 0.6 is 12.4 Å². The molecule has 1 aromatic carbocycles. The van der Waals surface area contributed by atoms with Crippen LogP contribution in [-0.2, 0) is 4.79 Å². The van der Waals surface area contributed by atoms with Gasteiger partial charge in [0, 0.05) is 25.6 Å². The van der Waals surface area contributed by atoms with E-state index in [1.54, 1.807) is 0 Å². The van der Waals surface area contributed by atoms with Crippen molar-refractivity contribution in [3.05, 3.63) is 35.9 Å². The summed E-state index contributed by atoms with van der Waals surface area (Å²) in [6, 6.07) is 11.2. The number of hydrogen-bond acceptors (Lipinski definition) is 2. The number of halogens is 1. The van der Waals surface area contributed by atoms with E-state index < -0.39 is 0 Å². The topological polar surface area (TPSA) is 32.3 Å². The molecule has 0 aliphatic carbocycles. The zero-order valence-electron chi connectivity index (χ0n) is 13.3. The third-order valence-corrected chi connectivity index (χ3v) is 5.07. The summed E-state index contributed by atoms with van der Waals surface area (Å²) in [5, 5.41) is 3.42. The van der Waals surface area contributed by atoms with E-state index in [9.17, 15) is 4.79 Å². The van der Waals surface area contributed by atoms with Crippen LogP contribution in [0, 0.1) is 5.92 Å². The molecule has 2 heterocycles. The minimum atomic E-state index is 0. The molecule has 2 aliphatic heterocycles. The third kappa shape index (κ3) is 4.02. The summed E-state index contributed by atoms with van der Waals surface area (Å²) in [6.45, 7) is 5.18. The molecule has 3 unspecified atom stereocenters. The van der Waals surface area contributed by atoms with Crippen LogP contribution in [0.25, 0.3) is 0 Å². The lowest BCUT2D eigenvalue weighted by Gasteiger charge is -2.37. The van der Waals surface area contributed by atoms with E-state index in [1.807, 2.05) is 0 Å². The van der Waals surface area contributed by atoms with E-state index in [1.165, 1.54) is 12.0 Å². The van der Waals surface area contributed by atoms with Gasteiger partial charge in [-0.15, -0.1) is 12.4 Å². The first-order chi connectivity index (χ1) is 10.2. The standard InChI is InChI=1S/C18H26N2O.ClH/c1-14-13-20(18(21)12-16-8-5-10-19-16)11-9-17(14)15-6-3-2-4-7-15;/h2-4,6-7,14,16-17,19H,5,8-13H2,1H3;1H. The summed E-state index contributed by atoms with van der Waals surface area (Å²) in [5.74, 6) is 1.48. The van der Waals surface area contributed by atoms with Gasteiger partial charge in [-0.25, -0.2) is 0 Å². The minimum absolute atomic E-state index is 0. The number of likely N-dealkylation sites (tertiary alicyclic amines) is 1. The van der Waals surface area contributed by atoms with Crippen molar-refractivity contribution in [1.82, 2.24) is 10.2 Å². The van der Waals surface area contributed by atoms with Gasteiger partial charge in [0.1, 0.15) is 0 Å². The second-order valence-corrected chi connectivity index (χ2v) is 6.62. The maximum atomic E-state index is 12.4. The zero-order chi connectivity index (χ0) is 14.7. The second kappa shape index (κ2) is 7.98. The molecular weight excluding hydrogens is 296 g/mol. The van der Waals surface area contributed by atoms with Crippen LogP contribution in [0.4, 0.5) is 0 Å². The van der Waals surface area contributed by atoms with Gasteiger partial charge in [-0.2, -0.15) is 0 Å². The number of piperidine rings is 1. The van der Waals surface area contributed by atoms with Gasteiger partial charge >= 0.3 is 0 Å². The Hall–Kier alpha value is -1.06. The first kappa shape index (κ1) is 17.3. The van der Waals surface area contributed by atoms with Crippen LogP contribution in [-0.4, -0.2) is 36.5 Å². The molecule has 2 aliphatic rings. The molecule has 0 bridgehead atoms. The van der Waals surface area contributed by atoms with Gasteiger partial charge in [0.05, 0.1) is 0 Å². The van der Waals surface area contributed by atoms with Crippen LogP contribution in [0.5, 0.6) is 0 Å². The van der Waals surface area contributed by atoms with Crippen molar-refractivity contribution in [2.75, 3.05) is 19.6 Å². The van der Waals surface area contributed by atoms with Crippen molar-refractivity contribution in [2.24, 2.45) is 5.92 Å². The number of carbonyl (C=O) groups excluding carboxylic acids is 1. The fraction of sp³-hybridized carbons (Fsp3) is 0.611. The molecule has 4 heteroatoms. The Kier molecular flexibility index (Phi) is 6.27. The van der Waals surface area contributed by atoms with Gasteiger partial charge in [0.2, 0.25) is 5.91 Å².